The highest BCUT2D eigenvalue weighted by Crippen LogP contribution is 2.15. The van der Waals surface area contributed by atoms with Gasteiger partial charge in [0, 0.05) is 44.8 Å². The number of nitrogens with zero attached hydrogens (tertiary/aromatic N) is 3. The number of aromatic nitrogens is 1. The highest BCUT2D eigenvalue weighted by atomic mass is 16.2. The SMILES string of the molecule is CC(C)C(=O)N1CCN(c2ccc(CN)cn2)CC1. The van der Waals surface area contributed by atoms with E-state index >= 15 is 0 Å². The molecule has 2 N–H and O–H groups in total. The van der Waals surface area contributed by atoms with Crippen LogP contribution in [-0.2, 0) is 11.3 Å². The van der Waals surface area contributed by atoms with Crippen molar-refractivity contribution in [2.45, 2.75) is 20.4 Å². The Morgan fingerprint density at radius 2 is 2.00 bits per heavy atom. The fourth-order valence-electron chi connectivity index (χ4n) is 2.25. The van der Waals surface area contributed by atoms with Crippen LogP contribution in [0.5, 0.6) is 0 Å². The molecule has 1 fully saturated rings. The van der Waals surface area contributed by atoms with E-state index in [1.54, 1.807) is 0 Å². The van der Waals surface area contributed by atoms with E-state index < -0.39 is 0 Å². The minimum atomic E-state index is 0.0773. The number of carbonyl (C=O) groups is 1. The molecule has 104 valence electrons. The Bertz CT molecular complexity index is 422. The second kappa shape index (κ2) is 6.02. The zero-order valence-corrected chi connectivity index (χ0v) is 11.7. The van der Waals surface area contributed by atoms with Crippen molar-refractivity contribution < 1.29 is 4.79 Å². The molecule has 0 aliphatic carbocycles. The second-order valence-corrected chi connectivity index (χ2v) is 5.20. The van der Waals surface area contributed by atoms with Gasteiger partial charge in [0.25, 0.3) is 0 Å². The molecule has 0 saturated carbocycles. The smallest absolute Gasteiger partial charge is 0.225 e. The average molecular weight is 262 g/mol. The largest absolute Gasteiger partial charge is 0.353 e. The van der Waals surface area contributed by atoms with Crippen molar-refractivity contribution in [1.29, 1.82) is 0 Å². The summed E-state index contributed by atoms with van der Waals surface area (Å²) in [7, 11) is 0. The molecule has 1 aliphatic heterocycles. The summed E-state index contributed by atoms with van der Waals surface area (Å²) in [5, 5.41) is 0. The van der Waals surface area contributed by atoms with E-state index in [1.807, 2.05) is 37.1 Å². The van der Waals surface area contributed by atoms with Crippen molar-refractivity contribution in [3.05, 3.63) is 23.9 Å². The van der Waals surface area contributed by atoms with Crippen LogP contribution in [0.4, 0.5) is 5.82 Å². The van der Waals surface area contributed by atoms with Gasteiger partial charge in [0.05, 0.1) is 0 Å². The van der Waals surface area contributed by atoms with Crippen molar-refractivity contribution in [3.63, 3.8) is 0 Å². The van der Waals surface area contributed by atoms with Crippen molar-refractivity contribution in [2.24, 2.45) is 11.7 Å². The van der Waals surface area contributed by atoms with Crippen molar-refractivity contribution in [1.82, 2.24) is 9.88 Å². The third-order valence-electron chi connectivity index (χ3n) is 3.45. The van der Waals surface area contributed by atoms with Gasteiger partial charge in [0.15, 0.2) is 0 Å². The summed E-state index contributed by atoms with van der Waals surface area (Å²) in [5.41, 5.74) is 6.60. The number of nitrogens with two attached hydrogens (primary N) is 1. The molecule has 19 heavy (non-hydrogen) atoms. The van der Waals surface area contributed by atoms with Gasteiger partial charge in [0.1, 0.15) is 5.82 Å². The van der Waals surface area contributed by atoms with Crippen LogP contribution in [0.1, 0.15) is 19.4 Å². The number of amides is 1. The number of carbonyl (C=O) groups excluding carboxylic acids is 1. The Morgan fingerprint density at radius 3 is 2.47 bits per heavy atom. The van der Waals surface area contributed by atoms with E-state index in [9.17, 15) is 4.79 Å². The molecule has 0 spiro atoms. The molecule has 1 amide bonds. The van der Waals surface area contributed by atoms with E-state index in [1.165, 1.54) is 0 Å². The number of pyridine rings is 1. The molecular formula is C14H22N4O. The standard InChI is InChI=1S/C14H22N4O/c1-11(2)14(19)18-7-5-17(6-8-18)13-4-3-12(9-15)10-16-13/h3-4,10-11H,5-9,15H2,1-2H3. The van der Waals surface area contributed by atoms with E-state index in [2.05, 4.69) is 9.88 Å². The van der Waals surface area contributed by atoms with Gasteiger partial charge in [-0.25, -0.2) is 4.98 Å². The molecule has 1 saturated heterocycles. The number of hydrogen-bond donors (Lipinski definition) is 1. The first-order valence-electron chi connectivity index (χ1n) is 6.80. The monoisotopic (exact) mass is 262 g/mol. The molecule has 0 aromatic carbocycles. The zero-order chi connectivity index (χ0) is 13.8. The van der Waals surface area contributed by atoms with E-state index in [0.717, 1.165) is 37.6 Å². The van der Waals surface area contributed by atoms with Crippen LogP contribution in [0, 0.1) is 5.92 Å². The van der Waals surface area contributed by atoms with Gasteiger partial charge in [-0.2, -0.15) is 0 Å². The molecule has 1 aromatic heterocycles. The first kappa shape index (κ1) is 13.8. The molecule has 5 nitrogen and oxygen atoms in total. The summed E-state index contributed by atoms with van der Waals surface area (Å²) >= 11 is 0. The molecule has 0 unspecified atom stereocenters. The highest BCUT2D eigenvalue weighted by Gasteiger charge is 2.23. The van der Waals surface area contributed by atoms with E-state index in [-0.39, 0.29) is 11.8 Å². The summed E-state index contributed by atoms with van der Waals surface area (Å²) in [6, 6.07) is 4.01. The fraction of sp³-hybridized carbons (Fsp3) is 0.571. The minimum absolute atomic E-state index is 0.0773. The lowest BCUT2D eigenvalue weighted by molar-refractivity contribution is -0.134. The molecule has 2 heterocycles. The maximum atomic E-state index is 11.9. The lowest BCUT2D eigenvalue weighted by atomic mass is 10.1. The van der Waals surface area contributed by atoms with E-state index in [4.69, 9.17) is 5.73 Å². The Morgan fingerprint density at radius 1 is 1.32 bits per heavy atom. The van der Waals surface area contributed by atoms with Crippen molar-refractivity contribution in [2.75, 3.05) is 31.1 Å². The average Bonchev–Trinajstić information content (AvgIpc) is 2.46. The van der Waals surface area contributed by atoms with Crippen LogP contribution in [-0.4, -0.2) is 42.0 Å². The van der Waals surface area contributed by atoms with Crippen LogP contribution in [0.25, 0.3) is 0 Å². The minimum Gasteiger partial charge on any atom is -0.353 e. The topological polar surface area (TPSA) is 62.5 Å². The van der Waals surface area contributed by atoms with Gasteiger partial charge in [0.2, 0.25) is 5.91 Å². The van der Waals surface area contributed by atoms with Crippen LogP contribution < -0.4 is 10.6 Å². The normalized spacial score (nSPS) is 16.0. The number of anilines is 1. The summed E-state index contributed by atoms with van der Waals surface area (Å²) in [6.07, 6.45) is 1.82. The van der Waals surface area contributed by atoms with Crippen molar-refractivity contribution >= 4 is 11.7 Å². The Kier molecular flexibility index (Phi) is 4.37. The molecule has 0 atom stereocenters. The second-order valence-electron chi connectivity index (χ2n) is 5.20. The molecule has 2 rings (SSSR count). The Balaban J connectivity index is 1.94. The summed E-state index contributed by atoms with van der Waals surface area (Å²) in [5.74, 6) is 1.29. The third kappa shape index (κ3) is 3.23. The number of piperazine rings is 1. The first-order chi connectivity index (χ1) is 9.11. The summed E-state index contributed by atoms with van der Waals surface area (Å²) in [4.78, 5) is 20.5. The van der Waals surface area contributed by atoms with Gasteiger partial charge in [-0.3, -0.25) is 4.79 Å². The third-order valence-corrected chi connectivity index (χ3v) is 3.45. The van der Waals surface area contributed by atoms with Crippen molar-refractivity contribution in [3.8, 4) is 0 Å². The van der Waals surface area contributed by atoms with Crippen LogP contribution in [0.15, 0.2) is 18.3 Å². The lowest BCUT2D eigenvalue weighted by Gasteiger charge is -2.36. The van der Waals surface area contributed by atoms with Crippen LogP contribution in [0.2, 0.25) is 0 Å². The number of rotatable bonds is 3. The zero-order valence-electron chi connectivity index (χ0n) is 11.7. The molecule has 0 radical (unpaired) electrons. The van der Waals surface area contributed by atoms with Gasteiger partial charge in [-0.05, 0) is 11.6 Å². The summed E-state index contributed by atoms with van der Waals surface area (Å²) < 4.78 is 0. The number of hydrogen-bond acceptors (Lipinski definition) is 4. The fourth-order valence-corrected chi connectivity index (χ4v) is 2.25. The highest BCUT2D eigenvalue weighted by molar-refractivity contribution is 5.78. The maximum absolute atomic E-state index is 11.9. The van der Waals surface area contributed by atoms with Crippen LogP contribution >= 0.6 is 0 Å². The van der Waals surface area contributed by atoms with Gasteiger partial charge < -0.3 is 15.5 Å². The van der Waals surface area contributed by atoms with Gasteiger partial charge >= 0.3 is 0 Å². The molecule has 1 aromatic rings. The van der Waals surface area contributed by atoms with Crippen LogP contribution in [0.3, 0.4) is 0 Å². The Hall–Kier alpha value is -1.62. The predicted octanol–water partition coefficient (Wildman–Crippen LogP) is 0.845. The maximum Gasteiger partial charge on any atom is 0.225 e. The van der Waals surface area contributed by atoms with E-state index in [0.29, 0.717) is 6.54 Å². The summed E-state index contributed by atoms with van der Waals surface area (Å²) in [6.45, 7) is 7.64. The molecular weight excluding hydrogens is 240 g/mol. The van der Waals surface area contributed by atoms with Gasteiger partial charge in [-0.15, -0.1) is 0 Å². The first-order valence-corrected chi connectivity index (χ1v) is 6.80. The quantitative estimate of drug-likeness (QED) is 0.877. The molecule has 0 bridgehead atoms. The Labute approximate surface area is 114 Å². The molecule has 5 heteroatoms. The molecule has 1 aliphatic rings. The van der Waals surface area contributed by atoms with Gasteiger partial charge in [-0.1, -0.05) is 19.9 Å². The predicted molar refractivity (Wildman–Crippen MR) is 75.8 cm³/mol. The lowest BCUT2D eigenvalue weighted by Crippen LogP contribution is -2.50.